The number of Topliss-reactive ketones (excluding diaryl/α,β-unsaturated/α-hetero) is 1. The van der Waals surface area contributed by atoms with Crippen LogP contribution >= 0.6 is 0 Å². The lowest BCUT2D eigenvalue weighted by Crippen LogP contribution is -2.58. The Labute approximate surface area is 115 Å². The monoisotopic (exact) mass is 266 g/mol. The van der Waals surface area contributed by atoms with E-state index in [-0.39, 0.29) is 23.0 Å². The largest absolute Gasteiger partial charge is 0.481 e. The molecule has 108 valence electrons. The fourth-order valence-corrected chi connectivity index (χ4v) is 4.96. The summed E-state index contributed by atoms with van der Waals surface area (Å²) in [6.07, 6.45) is 4.73. The summed E-state index contributed by atoms with van der Waals surface area (Å²) in [5.41, 5.74) is -0.643. The maximum absolute atomic E-state index is 12.5. The number of hydrogen-bond donors (Lipinski definition) is 1. The Morgan fingerprint density at radius 3 is 2.47 bits per heavy atom. The van der Waals surface area contributed by atoms with Crippen molar-refractivity contribution in [3.63, 3.8) is 0 Å². The van der Waals surface area contributed by atoms with Gasteiger partial charge in [-0.05, 0) is 36.0 Å². The van der Waals surface area contributed by atoms with Crippen molar-refractivity contribution in [2.45, 2.75) is 66.2 Å². The van der Waals surface area contributed by atoms with Crippen molar-refractivity contribution >= 4 is 11.8 Å². The number of carbonyl (C=O) groups is 2. The van der Waals surface area contributed by atoms with Crippen molar-refractivity contribution in [2.75, 3.05) is 0 Å². The van der Waals surface area contributed by atoms with E-state index in [0.717, 1.165) is 19.3 Å². The van der Waals surface area contributed by atoms with Crippen LogP contribution in [0.15, 0.2) is 0 Å². The first kappa shape index (κ1) is 14.5. The highest BCUT2D eigenvalue weighted by Gasteiger charge is 2.61. The van der Waals surface area contributed by atoms with E-state index in [0.29, 0.717) is 12.3 Å². The number of hydrogen-bond acceptors (Lipinski definition) is 2. The minimum absolute atomic E-state index is 0.0189. The average molecular weight is 266 g/mol. The third kappa shape index (κ3) is 2.02. The first-order chi connectivity index (χ1) is 8.63. The average Bonchev–Trinajstić information content (AvgIpc) is 2.24. The molecular weight excluding hydrogens is 240 g/mol. The molecule has 19 heavy (non-hydrogen) atoms. The zero-order valence-corrected chi connectivity index (χ0v) is 12.6. The number of rotatable bonds is 2. The molecule has 2 saturated carbocycles. The van der Waals surface area contributed by atoms with Gasteiger partial charge < -0.3 is 5.11 Å². The van der Waals surface area contributed by atoms with E-state index in [1.165, 1.54) is 6.42 Å². The summed E-state index contributed by atoms with van der Waals surface area (Å²) in [7, 11) is 0. The molecule has 3 heteroatoms. The zero-order valence-electron chi connectivity index (χ0n) is 12.6. The van der Waals surface area contributed by atoms with Gasteiger partial charge in [0.2, 0.25) is 0 Å². The molecule has 0 heterocycles. The summed E-state index contributed by atoms with van der Waals surface area (Å²) in [4.78, 5) is 23.7. The highest BCUT2D eigenvalue weighted by atomic mass is 16.4. The van der Waals surface area contributed by atoms with Crippen molar-refractivity contribution in [3.05, 3.63) is 0 Å². The zero-order chi connectivity index (χ0) is 14.5. The molecule has 1 N–H and O–H groups in total. The standard InChI is InChI=1S/C16H26O3/c1-14(2)8-5-9-15(3)11(14)6-7-12(17)16(15,4)10-13(18)19/h11H,5-10H2,1-4H3,(H,18,19). The lowest BCUT2D eigenvalue weighted by Gasteiger charge is -2.60. The second kappa shape index (κ2) is 4.32. The second-order valence-corrected chi connectivity index (χ2v) is 7.68. The fraction of sp³-hybridized carbons (Fsp3) is 0.875. The Balaban J connectivity index is 2.46. The molecule has 0 aromatic rings. The third-order valence-corrected chi connectivity index (χ3v) is 6.27. The maximum atomic E-state index is 12.5. The SMILES string of the molecule is CC1(C)CCCC2(C)C1CCC(=O)C2(C)CC(=O)O. The minimum Gasteiger partial charge on any atom is -0.481 e. The molecule has 3 nitrogen and oxygen atoms in total. The molecule has 0 bridgehead atoms. The lowest BCUT2D eigenvalue weighted by atomic mass is 9.42. The number of carboxylic acid groups (broad SMARTS) is 1. The highest BCUT2D eigenvalue weighted by molar-refractivity contribution is 5.90. The van der Waals surface area contributed by atoms with Crippen molar-refractivity contribution in [3.8, 4) is 0 Å². The van der Waals surface area contributed by atoms with E-state index in [2.05, 4.69) is 20.8 Å². The van der Waals surface area contributed by atoms with Crippen LogP contribution in [-0.2, 0) is 9.59 Å². The van der Waals surface area contributed by atoms with E-state index in [1.807, 2.05) is 6.92 Å². The maximum Gasteiger partial charge on any atom is 0.304 e. The van der Waals surface area contributed by atoms with E-state index in [4.69, 9.17) is 0 Å². The van der Waals surface area contributed by atoms with Crippen LogP contribution in [0.2, 0.25) is 0 Å². The Morgan fingerprint density at radius 1 is 1.26 bits per heavy atom. The molecule has 2 aliphatic carbocycles. The van der Waals surface area contributed by atoms with Crippen molar-refractivity contribution in [2.24, 2.45) is 22.2 Å². The van der Waals surface area contributed by atoms with Gasteiger partial charge in [0.15, 0.2) is 0 Å². The Hall–Kier alpha value is -0.860. The second-order valence-electron chi connectivity index (χ2n) is 7.68. The molecule has 3 atom stereocenters. The molecule has 2 aliphatic rings. The van der Waals surface area contributed by atoms with Crippen LogP contribution in [0, 0.1) is 22.2 Å². The van der Waals surface area contributed by atoms with E-state index in [9.17, 15) is 14.7 Å². The summed E-state index contributed by atoms with van der Waals surface area (Å²) in [6.45, 7) is 8.63. The summed E-state index contributed by atoms with van der Waals surface area (Å²) in [5, 5.41) is 9.23. The van der Waals surface area contributed by atoms with Gasteiger partial charge in [0.05, 0.1) is 6.42 Å². The topological polar surface area (TPSA) is 54.4 Å². The number of fused-ring (bicyclic) bond motifs is 1. The van der Waals surface area contributed by atoms with Gasteiger partial charge in [-0.3, -0.25) is 9.59 Å². The number of carboxylic acids is 1. The van der Waals surface area contributed by atoms with Gasteiger partial charge in [0.25, 0.3) is 0 Å². The van der Waals surface area contributed by atoms with Crippen LogP contribution in [0.5, 0.6) is 0 Å². The number of aliphatic carboxylic acids is 1. The van der Waals surface area contributed by atoms with Gasteiger partial charge in [-0.2, -0.15) is 0 Å². The number of carbonyl (C=O) groups excluding carboxylic acids is 1. The van der Waals surface area contributed by atoms with Crippen LogP contribution in [0.3, 0.4) is 0 Å². The molecule has 2 fully saturated rings. The predicted molar refractivity (Wildman–Crippen MR) is 73.8 cm³/mol. The fourth-order valence-electron chi connectivity index (χ4n) is 4.96. The van der Waals surface area contributed by atoms with Crippen LogP contribution in [0.4, 0.5) is 0 Å². The molecule has 0 aromatic heterocycles. The molecule has 0 saturated heterocycles. The van der Waals surface area contributed by atoms with Gasteiger partial charge in [0.1, 0.15) is 5.78 Å². The predicted octanol–water partition coefficient (Wildman–Crippen LogP) is 3.66. The number of ketones is 1. The van der Waals surface area contributed by atoms with E-state index in [1.54, 1.807) is 0 Å². The summed E-state index contributed by atoms with van der Waals surface area (Å²) in [6, 6.07) is 0. The van der Waals surface area contributed by atoms with Gasteiger partial charge in [-0.15, -0.1) is 0 Å². The van der Waals surface area contributed by atoms with E-state index < -0.39 is 11.4 Å². The molecule has 3 unspecified atom stereocenters. The van der Waals surface area contributed by atoms with E-state index >= 15 is 0 Å². The van der Waals surface area contributed by atoms with Crippen LogP contribution in [0.1, 0.15) is 66.2 Å². The Kier molecular flexibility index (Phi) is 3.31. The summed E-state index contributed by atoms with van der Waals surface area (Å²) >= 11 is 0. The molecule has 0 spiro atoms. The molecule has 0 aromatic carbocycles. The molecule has 0 aliphatic heterocycles. The van der Waals surface area contributed by atoms with Crippen LogP contribution in [0.25, 0.3) is 0 Å². The van der Waals surface area contributed by atoms with Crippen molar-refractivity contribution in [1.82, 2.24) is 0 Å². The summed E-state index contributed by atoms with van der Waals surface area (Å²) < 4.78 is 0. The summed E-state index contributed by atoms with van der Waals surface area (Å²) in [5.74, 6) is -0.233. The molecule has 0 radical (unpaired) electrons. The minimum atomic E-state index is -0.846. The normalized spacial score (nSPS) is 41.7. The smallest absolute Gasteiger partial charge is 0.304 e. The van der Waals surface area contributed by atoms with Crippen molar-refractivity contribution in [1.29, 1.82) is 0 Å². The van der Waals surface area contributed by atoms with Crippen LogP contribution in [-0.4, -0.2) is 16.9 Å². The van der Waals surface area contributed by atoms with Gasteiger partial charge >= 0.3 is 5.97 Å². The van der Waals surface area contributed by atoms with Crippen molar-refractivity contribution < 1.29 is 14.7 Å². The van der Waals surface area contributed by atoms with Gasteiger partial charge in [-0.25, -0.2) is 0 Å². The first-order valence-corrected chi connectivity index (χ1v) is 7.39. The van der Waals surface area contributed by atoms with Gasteiger partial charge in [0, 0.05) is 11.8 Å². The molecular formula is C16H26O3. The van der Waals surface area contributed by atoms with Gasteiger partial charge in [-0.1, -0.05) is 34.1 Å². The highest BCUT2D eigenvalue weighted by Crippen LogP contribution is 2.64. The first-order valence-electron chi connectivity index (χ1n) is 7.39. The molecule has 0 amide bonds. The third-order valence-electron chi connectivity index (χ3n) is 6.27. The van der Waals surface area contributed by atoms with Crippen LogP contribution < -0.4 is 0 Å². The lowest BCUT2D eigenvalue weighted by molar-refractivity contribution is -0.169. The Morgan fingerprint density at radius 2 is 1.89 bits per heavy atom. The quantitative estimate of drug-likeness (QED) is 0.829. The molecule has 2 rings (SSSR count). The Bertz CT molecular complexity index is 412.